The molecule has 0 unspecified atom stereocenters. The Kier molecular flexibility index (Phi) is 3.68. The minimum Gasteiger partial charge on any atom is -0.298 e. The molecule has 2 fully saturated rings. The third-order valence-corrected chi connectivity index (χ3v) is 4.44. The molecular formula is C14H25NO. The van der Waals surface area contributed by atoms with Gasteiger partial charge >= 0.3 is 0 Å². The summed E-state index contributed by atoms with van der Waals surface area (Å²) in [4.78, 5) is 14.0. The number of hydrogen-bond donors (Lipinski definition) is 0. The van der Waals surface area contributed by atoms with Gasteiger partial charge in [-0.25, -0.2) is 0 Å². The molecule has 2 rings (SSSR count). The van der Waals surface area contributed by atoms with Gasteiger partial charge in [0.1, 0.15) is 5.78 Å². The highest BCUT2D eigenvalue weighted by molar-refractivity contribution is 5.81. The summed E-state index contributed by atoms with van der Waals surface area (Å²) in [5, 5.41) is 0. The van der Waals surface area contributed by atoms with Crippen LogP contribution in [0.1, 0.15) is 58.8 Å². The molecule has 92 valence electrons. The van der Waals surface area contributed by atoms with E-state index in [1.54, 1.807) is 0 Å². The van der Waals surface area contributed by atoms with Crippen LogP contribution in [0.4, 0.5) is 0 Å². The van der Waals surface area contributed by atoms with Gasteiger partial charge in [0.05, 0.1) is 6.54 Å². The molecule has 0 N–H and O–H groups in total. The standard InChI is InChI=1S/C14H25NO/c1-14(2)9-8-13(16)11-15(14)10-12-6-4-3-5-7-12/h12H,3-11H2,1-2H3. The SMILES string of the molecule is CC1(C)CCC(=O)CN1CC1CCCCC1. The summed E-state index contributed by atoms with van der Waals surface area (Å²) in [6, 6.07) is 0. The summed E-state index contributed by atoms with van der Waals surface area (Å²) in [7, 11) is 0. The average Bonchev–Trinajstić information content (AvgIpc) is 2.26. The van der Waals surface area contributed by atoms with E-state index in [1.807, 2.05) is 0 Å². The van der Waals surface area contributed by atoms with Crippen molar-refractivity contribution in [2.75, 3.05) is 13.1 Å². The third kappa shape index (κ3) is 2.85. The molecule has 2 nitrogen and oxygen atoms in total. The Hall–Kier alpha value is -0.370. The van der Waals surface area contributed by atoms with Crippen molar-refractivity contribution >= 4 is 5.78 Å². The molecule has 1 aliphatic heterocycles. The topological polar surface area (TPSA) is 20.3 Å². The first-order chi connectivity index (χ1) is 7.58. The fraction of sp³-hybridized carbons (Fsp3) is 0.929. The van der Waals surface area contributed by atoms with Crippen molar-refractivity contribution in [1.29, 1.82) is 0 Å². The Morgan fingerprint density at radius 3 is 2.62 bits per heavy atom. The molecule has 1 saturated carbocycles. The van der Waals surface area contributed by atoms with Crippen molar-refractivity contribution in [2.45, 2.75) is 64.3 Å². The smallest absolute Gasteiger partial charge is 0.146 e. The molecule has 16 heavy (non-hydrogen) atoms. The number of carbonyl (C=O) groups excluding carboxylic acids is 1. The minimum atomic E-state index is 0.241. The molecule has 0 bridgehead atoms. The lowest BCUT2D eigenvalue weighted by Crippen LogP contribution is -2.52. The van der Waals surface area contributed by atoms with Crippen molar-refractivity contribution < 1.29 is 4.79 Å². The van der Waals surface area contributed by atoms with Crippen LogP contribution in [0, 0.1) is 5.92 Å². The Balaban J connectivity index is 1.92. The van der Waals surface area contributed by atoms with Crippen LogP contribution in [0.15, 0.2) is 0 Å². The first-order valence-electron chi connectivity index (χ1n) is 6.85. The van der Waals surface area contributed by atoms with Crippen LogP contribution in [-0.4, -0.2) is 29.3 Å². The Morgan fingerprint density at radius 2 is 1.94 bits per heavy atom. The highest BCUT2D eigenvalue weighted by Gasteiger charge is 2.34. The molecule has 0 spiro atoms. The molecule has 0 radical (unpaired) electrons. The first kappa shape index (κ1) is 12.1. The molecule has 2 aliphatic rings. The minimum absolute atomic E-state index is 0.241. The van der Waals surface area contributed by atoms with Crippen molar-refractivity contribution in [2.24, 2.45) is 5.92 Å². The number of hydrogen-bond acceptors (Lipinski definition) is 2. The van der Waals surface area contributed by atoms with Crippen LogP contribution < -0.4 is 0 Å². The van der Waals surface area contributed by atoms with E-state index in [2.05, 4.69) is 18.7 Å². The van der Waals surface area contributed by atoms with E-state index in [0.717, 1.165) is 25.3 Å². The summed E-state index contributed by atoms with van der Waals surface area (Å²) in [6.45, 7) is 6.44. The van der Waals surface area contributed by atoms with Crippen LogP contribution in [0.2, 0.25) is 0 Å². The molecule has 1 saturated heterocycles. The highest BCUT2D eigenvalue weighted by atomic mass is 16.1. The van der Waals surface area contributed by atoms with Gasteiger partial charge in [0.25, 0.3) is 0 Å². The van der Waals surface area contributed by atoms with Gasteiger partial charge in [-0.2, -0.15) is 0 Å². The van der Waals surface area contributed by atoms with E-state index in [4.69, 9.17) is 0 Å². The highest BCUT2D eigenvalue weighted by Crippen LogP contribution is 2.30. The number of likely N-dealkylation sites (tertiary alicyclic amines) is 1. The second kappa shape index (κ2) is 4.87. The molecule has 0 aromatic heterocycles. The molecule has 0 amide bonds. The quantitative estimate of drug-likeness (QED) is 0.717. The van der Waals surface area contributed by atoms with Crippen LogP contribution >= 0.6 is 0 Å². The average molecular weight is 223 g/mol. The lowest BCUT2D eigenvalue weighted by atomic mass is 9.85. The molecule has 0 aromatic carbocycles. The number of nitrogens with zero attached hydrogens (tertiary/aromatic N) is 1. The van der Waals surface area contributed by atoms with E-state index < -0.39 is 0 Å². The van der Waals surface area contributed by atoms with E-state index in [9.17, 15) is 4.79 Å². The third-order valence-electron chi connectivity index (χ3n) is 4.44. The van der Waals surface area contributed by atoms with Gasteiger partial charge < -0.3 is 0 Å². The largest absolute Gasteiger partial charge is 0.298 e. The summed E-state index contributed by atoms with van der Waals surface area (Å²) < 4.78 is 0. The Labute approximate surface area is 99.4 Å². The summed E-state index contributed by atoms with van der Waals surface area (Å²) in [5.74, 6) is 1.29. The van der Waals surface area contributed by atoms with Crippen LogP contribution in [0.25, 0.3) is 0 Å². The van der Waals surface area contributed by atoms with Crippen molar-refractivity contribution in [3.05, 3.63) is 0 Å². The van der Waals surface area contributed by atoms with Gasteiger partial charge in [0.2, 0.25) is 0 Å². The fourth-order valence-corrected chi connectivity index (χ4v) is 3.10. The number of carbonyl (C=O) groups is 1. The zero-order chi connectivity index (χ0) is 11.6. The van der Waals surface area contributed by atoms with Gasteiger partial charge in [0.15, 0.2) is 0 Å². The molecule has 0 atom stereocenters. The predicted molar refractivity (Wildman–Crippen MR) is 66.5 cm³/mol. The zero-order valence-corrected chi connectivity index (χ0v) is 10.8. The normalized spacial score (nSPS) is 28.2. The lowest BCUT2D eigenvalue weighted by molar-refractivity contribution is -0.126. The maximum Gasteiger partial charge on any atom is 0.146 e. The van der Waals surface area contributed by atoms with Crippen LogP contribution in [-0.2, 0) is 4.79 Å². The van der Waals surface area contributed by atoms with E-state index >= 15 is 0 Å². The Morgan fingerprint density at radius 1 is 1.25 bits per heavy atom. The monoisotopic (exact) mass is 223 g/mol. The van der Waals surface area contributed by atoms with E-state index in [0.29, 0.717) is 12.3 Å². The van der Waals surface area contributed by atoms with Gasteiger partial charge in [-0.15, -0.1) is 0 Å². The first-order valence-corrected chi connectivity index (χ1v) is 6.85. The maximum atomic E-state index is 11.6. The molecule has 2 heteroatoms. The zero-order valence-electron chi connectivity index (χ0n) is 10.8. The van der Waals surface area contributed by atoms with Crippen LogP contribution in [0.5, 0.6) is 0 Å². The predicted octanol–water partition coefficient (Wildman–Crippen LogP) is 3.01. The van der Waals surface area contributed by atoms with Crippen molar-refractivity contribution in [3.8, 4) is 0 Å². The fourth-order valence-electron chi connectivity index (χ4n) is 3.10. The van der Waals surface area contributed by atoms with Crippen LogP contribution in [0.3, 0.4) is 0 Å². The summed E-state index contributed by atoms with van der Waals surface area (Å²) >= 11 is 0. The van der Waals surface area contributed by atoms with E-state index in [-0.39, 0.29) is 5.54 Å². The molecule has 1 heterocycles. The number of ketones is 1. The lowest BCUT2D eigenvalue weighted by Gasteiger charge is -2.44. The van der Waals surface area contributed by atoms with Crippen molar-refractivity contribution in [1.82, 2.24) is 4.90 Å². The van der Waals surface area contributed by atoms with E-state index in [1.165, 1.54) is 32.1 Å². The van der Waals surface area contributed by atoms with Gasteiger partial charge in [-0.3, -0.25) is 9.69 Å². The van der Waals surface area contributed by atoms with Gasteiger partial charge in [-0.05, 0) is 39.0 Å². The summed E-state index contributed by atoms with van der Waals surface area (Å²) in [5.41, 5.74) is 0.241. The maximum absolute atomic E-state index is 11.6. The van der Waals surface area contributed by atoms with Gasteiger partial charge in [-0.1, -0.05) is 19.3 Å². The second-order valence-electron chi connectivity index (χ2n) is 6.24. The number of Topliss-reactive ketones (excluding diaryl/α,β-unsaturated/α-hetero) is 1. The van der Waals surface area contributed by atoms with Crippen molar-refractivity contribution in [3.63, 3.8) is 0 Å². The van der Waals surface area contributed by atoms with Gasteiger partial charge in [0, 0.05) is 18.5 Å². The Bertz CT molecular complexity index is 253. The second-order valence-corrected chi connectivity index (χ2v) is 6.24. The number of piperidine rings is 1. The molecule has 0 aromatic rings. The molecule has 1 aliphatic carbocycles. The summed E-state index contributed by atoms with van der Waals surface area (Å²) in [6.07, 6.45) is 8.78. The molecular weight excluding hydrogens is 198 g/mol. The number of rotatable bonds is 2.